The summed E-state index contributed by atoms with van der Waals surface area (Å²) in [5, 5.41) is 13.8. The van der Waals surface area contributed by atoms with Crippen LogP contribution in [0.15, 0.2) is 64.7 Å². The topological polar surface area (TPSA) is 113 Å². The molecule has 1 aromatic carbocycles. The van der Waals surface area contributed by atoms with Crippen molar-refractivity contribution in [2.75, 3.05) is 50.1 Å². The fourth-order valence-electron chi connectivity index (χ4n) is 5.29. The van der Waals surface area contributed by atoms with E-state index >= 15 is 0 Å². The van der Waals surface area contributed by atoms with Gasteiger partial charge >= 0.3 is 6.18 Å². The minimum absolute atomic E-state index is 0.0592. The maximum Gasteiger partial charge on any atom is 0.426 e. The molecule has 0 spiro atoms. The zero-order chi connectivity index (χ0) is 30.9. The van der Waals surface area contributed by atoms with Crippen molar-refractivity contribution in [1.82, 2.24) is 24.2 Å². The van der Waals surface area contributed by atoms with Crippen LogP contribution in [-0.4, -0.2) is 86.7 Å². The number of likely N-dealkylation sites (N-methyl/N-ethyl adjacent to an activating group) is 1. The summed E-state index contributed by atoms with van der Waals surface area (Å²) >= 11 is 0. The third kappa shape index (κ3) is 5.52. The molecule has 2 saturated heterocycles. The lowest BCUT2D eigenvalue weighted by Crippen LogP contribution is -2.52. The number of alkyl halides is 3. The molecule has 43 heavy (non-hydrogen) atoms. The second kappa shape index (κ2) is 11.8. The minimum Gasteiger partial charge on any atom is -0.488 e. The number of ether oxygens (including phenoxy) is 1. The van der Waals surface area contributed by atoms with Crippen molar-refractivity contribution in [3.05, 3.63) is 65.3 Å². The summed E-state index contributed by atoms with van der Waals surface area (Å²) in [5.74, 6) is 0.0807. The molecule has 0 bridgehead atoms. The predicted molar refractivity (Wildman–Crippen MR) is 159 cm³/mol. The number of aliphatic imine (C=N–C) groups is 1. The van der Waals surface area contributed by atoms with Gasteiger partial charge in [0, 0.05) is 50.2 Å². The summed E-state index contributed by atoms with van der Waals surface area (Å²) in [6.45, 7) is 10.6. The molecule has 5 heterocycles. The Morgan fingerprint density at radius 2 is 1.88 bits per heavy atom. The fourth-order valence-corrected chi connectivity index (χ4v) is 5.29. The van der Waals surface area contributed by atoms with Gasteiger partial charge in [-0.25, -0.2) is 14.3 Å². The third-order valence-corrected chi connectivity index (χ3v) is 7.61. The molecule has 11 nitrogen and oxygen atoms in total. The largest absolute Gasteiger partial charge is 0.488 e. The highest BCUT2D eigenvalue weighted by atomic mass is 19.4. The van der Waals surface area contributed by atoms with Gasteiger partial charge in [0.1, 0.15) is 29.6 Å². The number of rotatable bonds is 6. The monoisotopic (exact) mass is 600 g/mol. The van der Waals surface area contributed by atoms with E-state index < -0.39 is 35.8 Å². The van der Waals surface area contributed by atoms with Gasteiger partial charge in [0.05, 0.1) is 6.54 Å². The van der Waals surface area contributed by atoms with E-state index in [9.17, 15) is 23.1 Å². The Hall–Kier alpha value is -4.17. The maximum absolute atomic E-state index is 13.8. The van der Waals surface area contributed by atoms with Crippen molar-refractivity contribution in [3.63, 3.8) is 0 Å². The molecule has 0 saturated carbocycles. The lowest BCUT2D eigenvalue weighted by molar-refractivity contribution is -0.234. The van der Waals surface area contributed by atoms with Gasteiger partial charge in [0.15, 0.2) is 5.65 Å². The van der Waals surface area contributed by atoms with Crippen molar-refractivity contribution in [2.45, 2.75) is 44.8 Å². The number of allylic oxidation sites excluding steroid dienone is 1. The number of nitrogens with one attached hydrogen (secondary N) is 1. The van der Waals surface area contributed by atoms with Gasteiger partial charge in [-0.2, -0.15) is 18.2 Å². The second-order valence-corrected chi connectivity index (χ2v) is 10.3. The first kappa shape index (κ1) is 30.3. The van der Waals surface area contributed by atoms with Crippen LogP contribution in [0.2, 0.25) is 0 Å². The first-order valence-electron chi connectivity index (χ1n) is 14.2. The Morgan fingerprint density at radius 1 is 1.19 bits per heavy atom. The van der Waals surface area contributed by atoms with Crippen molar-refractivity contribution in [1.29, 1.82) is 0 Å². The molecule has 3 aliphatic heterocycles. The smallest absolute Gasteiger partial charge is 0.426 e. The highest BCUT2D eigenvalue weighted by molar-refractivity contribution is 6.07. The van der Waals surface area contributed by atoms with Gasteiger partial charge in [-0.05, 0) is 37.4 Å². The minimum atomic E-state index is -5.00. The molecule has 6 rings (SSSR count). The van der Waals surface area contributed by atoms with Crippen LogP contribution in [0.4, 0.5) is 30.5 Å². The van der Waals surface area contributed by atoms with E-state index in [0.717, 1.165) is 37.6 Å². The summed E-state index contributed by atoms with van der Waals surface area (Å²) < 4.78 is 49.1. The van der Waals surface area contributed by atoms with Gasteiger partial charge in [-0.3, -0.25) is 9.79 Å². The number of hydrogen-bond donors (Lipinski definition) is 2. The molecule has 0 radical (unpaired) electrons. The molecule has 0 amide bonds. The Balaban J connectivity index is 0.00000180. The first-order valence-corrected chi connectivity index (χ1v) is 14.2. The van der Waals surface area contributed by atoms with Gasteiger partial charge in [-0.1, -0.05) is 19.9 Å². The van der Waals surface area contributed by atoms with Crippen molar-refractivity contribution in [3.8, 4) is 0 Å². The number of benzene rings is 1. The molecule has 0 aliphatic carbocycles. The van der Waals surface area contributed by atoms with Crippen LogP contribution in [0.3, 0.4) is 0 Å². The molecule has 2 fully saturated rings. The Labute approximate surface area is 246 Å². The van der Waals surface area contributed by atoms with Crippen LogP contribution < -0.4 is 15.8 Å². The lowest BCUT2D eigenvalue weighted by atomic mass is 9.96. The Bertz CT molecular complexity index is 1600. The normalized spacial score (nSPS) is 22.2. The third-order valence-electron chi connectivity index (χ3n) is 7.61. The van der Waals surface area contributed by atoms with E-state index in [-0.39, 0.29) is 35.7 Å². The summed E-state index contributed by atoms with van der Waals surface area (Å²) in [4.78, 5) is 31.0. The molecule has 230 valence electrons. The number of aromatic nitrogens is 4. The van der Waals surface area contributed by atoms with Crippen LogP contribution in [0.5, 0.6) is 0 Å². The van der Waals surface area contributed by atoms with Crippen LogP contribution in [0.1, 0.15) is 26.4 Å². The molecule has 2 atom stereocenters. The van der Waals surface area contributed by atoms with Gasteiger partial charge in [-0.15, -0.1) is 6.58 Å². The highest BCUT2D eigenvalue weighted by Crippen LogP contribution is 2.42. The maximum atomic E-state index is 13.8. The molecular formula is C29H35F3N8O3. The molecule has 2 N–H and O–H groups in total. The van der Waals surface area contributed by atoms with E-state index in [1.54, 1.807) is 0 Å². The molecule has 3 aliphatic rings. The average molecular weight is 601 g/mol. The number of hydrogen-bond acceptors (Lipinski definition) is 9. The van der Waals surface area contributed by atoms with Crippen molar-refractivity contribution >= 4 is 34.1 Å². The quantitative estimate of drug-likeness (QED) is 0.411. The first-order chi connectivity index (χ1) is 20.6. The van der Waals surface area contributed by atoms with Crippen LogP contribution in [0, 0.1) is 0 Å². The van der Waals surface area contributed by atoms with Gasteiger partial charge in [0.2, 0.25) is 11.5 Å². The zero-order valence-corrected chi connectivity index (χ0v) is 24.3. The van der Waals surface area contributed by atoms with Crippen LogP contribution in [-0.2, 0) is 11.3 Å². The average Bonchev–Trinajstić information content (AvgIpc) is 3.49. The van der Waals surface area contributed by atoms with Crippen LogP contribution in [0.25, 0.3) is 11.0 Å². The van der Waals surface area contributed by atoms with Gasteiger partial charge < -0.3 is 25.0 Å². The number of aliphatic hydroxyl groups is 1. The Morgan fingerprint density at radius 3 is 2.53 bits per heavy atom. The molecule has 2 unspecified atom stereocenters. The SMILES string of the molecule is C=CCn1c(=O)c2cnc(Nc3ccc(N4CCN(C)CC4)cc3)nc2n1C1CC=C2OCC(O)(C(F)(F)F)C2=N1.CC. The summed E-state index contributed by atoms with van der Waals surface area (Å²) in [7, 11) is 2.10. The van der Waals surface area contributed by atoms with E-state index in [1.807, 2.05) is 38.1 Å². The van der Waals surface area contributed by atoms with E-state index in [0.29, 0.717) is 0 Å². The summed E-state index contributed by atoms with van der Waals surface area (Å²) in [5.41, 5.74) is -2.29. The van der Waals surface area contributed by atoms with E-state index in [4.69, 9.17) is 4.74 Å². The number of fused-ring (bicyclic) bond motifs is 2. The Kier molecular flexibility index (Phi) is 8.34. The second-order valence-electron chi connectivity index (χ2n) is 10.3. The van der Waals surface area contributed by atoms with Crippen molar-refractivity contribution in [2.24, 2.45) is 4.99 Å². The predicted octanol–water partition coefficient (Wildman–Crippen LogP) is 3.85. The molecular weight excluding hydrogens is 565 g/mol. The summed E-state index contributed by atoms with van der Waals surface area (Å²) in [6.07, 6.45) is -1.57. The van der Waals surface area contributed by atoms with Gasteiger partial charge in [0.25, 0.3) is 5.56 Å². The fraction of sp³-hybridized carbons (Fsp3) is 0.448. The van der Waals surface area contributed by atoms with Crippen molar-refractivity contribution < 1.29 is 23.0 Å². The number of halogens is 3. The zero-order valence-electron chi connectivity index (χ0n) is 24.3. The highest BCUT2D eigenvalue weighted by Gasteiger charge is 2.63. The molecule has 14 heteroatoms. The summed E-state index contributed by atoms with van der Waals surface area (Å²) in [6, 6.07) is 7.84. The number of anilines is 3. The van der Waals surface area contributed by atoms with E-state index in [2.05, 4.69) is 43.7 Å². The molecule has 2 aromatic heterocycles. The number of dihydropyridines is 1. The standard InChI is InChI=1S/C27H29F3N8O3.C2H6/c1-3-10-37-24(39)19-15-31-25(32-17-4-6-18(7-5-17)36-13-11-35(2)12-14-36)34-23(19)38(37)21-9-8-20-22(33-21)26(40,16-41-20)27(28,29)30;1-2/h3-8,15,21,40H,1,9-14,16H2,2H3,(H,31,32,34);1-2H3. The number of nitrogens with zero attached hydrogens (tertiary/aromatic N) is 7. The lowest BCUT2D eigenvalue weighted by Gasteiger charge is -2.34. The van der Waals surface area contributed by atoms with Crippen LogP contribution >= 0.6 is 0 Å². The number of piperazine rings is 1. The van der Waals surface area contributed by atoms with E-state index in [1.165, 1.54) is 27.7 Å². The molecule has 3 aromatic rings.